The Kier molecular flexibility index (Phi) is 6.24. The minimum absolute atomic E-state index is 0.213. The molecule has 33 heavy (non-hydrogen) atoms. The Morgan fingerprint density at radius 3 is 2.48 bits per heavy atom. The molecule has 8 nitrogen and oxygen atoms in total. The number of para-hydroxylation sites is 1. The van der Waals surface area contributed by atoms with Gasteiger partial charge in [-0.3, -0.25) is 14.9 Å². The van der Waals surface area contributed by atoms with Crippen molar-refractivity contribution in [2.45, 2.75) is 37.8 Å². The lowest BCUT2D eigenvalue weighted by Gasteiger charge is -2.20. The monoisotopic (exact) mass is 463 g/mol. The highest BCUT2D eigenvalue weighted by molar-refractivity contribution is 7.99. The number of imide groups is 1. The van der Waals surface area contributed by atoms with Crippen LogP contribution < -0.4 is 16.0 Å². The average molecular weight is 464 g/mol. The van der Waals surface area contributed by atoms with Crippen molar-refractivity contribution in [3.8, 4) is 5.69 Å². The molecule has 0 unspecified atom stereocenters. The van der Waals surface area contributed by atoms with Crippen LogP contribution in [0.1, 0.15) is 34.2 Å². The van der Waals surface area contributed by atoms with Crippen LogP contribution in [-0.4, -0.2) is 38.9 Å². The Bertz CT molecular complexity index is 1220. The number of hydrogen-bond acceptors (Lipinski definition) is 5. The van der Waals surface area contributed by atoms with E-state index >= 15 is 0 Å². The molecule has 0 bridgehead atoms. The maximum atomic E-state index is 13.0. The van der Waals surface area contributed by atoms with Gasteiger partial charge in [0.05, 0.1) is 16.9 Å². The van der Waals surface area contributed by atoms with Crippen molar-refractivity contribution in [2.24, 2.45) is 0 Å². The van der Waals surface area contributed by atoms with Gasteiger partial charge in [0.2, 0.25) is 0 Å². The van der Waals surface area contributed by atoms with E-state index in [2.05, 4.69) is 21.0 Å². The Labute approximate surface area is 196 Å². The molecule has 0 aliphatic carbocycles. The second kappa shape index (κ2) is 9.11. The minimum Gasteiger partial charge on any atom is -0.348 e. The number of aromatic nitrogens is 2. The molecule has 1 atom stereocenters. The quantitative estimate of drug-likeness (QED) is 0.369. The summed E-state index contributed by atoms with van der Waals surface area (Å²) in [5, 5.41) is 12.5. The first-order valence-corrected chi connectivity index (χ1v) is 11.5. The molecule has 1 aliphatic heterocycles. The highest BCUT2D eigenvalue weighted by Crippen LogP contribution is 2.28. The lowest BCUT2D eigenvalue weighted by molar-refractivity contribution is -0.122. The smallest absolute Gasteiger partial charge is 0.322 e. The van der Waals surface area contributed by atoms with Gasteiger partial charge in [-0.15, -0.1) is 11.8 Å². The van der Waals surface area contributed by atoms with E-state index < -0.39 is 11.6 Å². The molecule has 2 heterocycles. The van der Waals surface area contributed by atoms with Gasteiger partial charge >= 0.3 is 6.03 Å². The number of thioether (sulfide) groups is 1. The van der Waals surface area contributed by atoms with Gasteiger partial charge in [0.25, 0.3) is 11.8 Å². The summed E-state index contributed by atoms with van der Waals surface area (Å²) in [7, 11) is 0. The number of nitrogens with zero attached hydrogens (tertiary/aromatic N) is 2. The molecule has 9 heteroatoms. The van der Waals surface area contributed by atoms with Crippen molar-refractivity contribution in [3.05, 3.63) is 77.1 Å². The van der Waals surface area contributed by atoms with Gasteiger partial charge in [0.1, 0.15) is 5.54 Å². The fraction of sp³-hybridized carbons (Fsp3) is 0.250. The summed E-state index contributed by atoms with van der Waals surface area (Å²) in [6.45, 7) is 5.93. The number of aryl methyl sites for hydroxylation is 1. The first kappa shape index (κ1) is 22.6. The molecule has 2 aromatic carbocycles. The SMILES string of the molecule is Cc1nn(-c2ccccc2)c(C)c1CNC(=O)c1ccccc1SC[C@@]1(C)NC(=O)NC1=O. The number of rotatable bonds is 7. The lowest BCUT2D eigenvalue weighted by Crippen LogP contribution is -2.46. The van der Waals surface area contributed by atoms with Gasteiger partial charge in [0.15, 0.2) is 0 Å². The van der Waals surface area contributed by atoms with Crippen molar-refractivity contribution < 1.29 is 14.4 Å². The van der Waals surface area contributed by atoms with Gasteiger partial charge in [-0.1, -0.05) is 30.3 Å². The summed E-state index contributed by atoms with van der Waals surface area (Å²) in [5.74, 6) is -0.283. The number of carbonyl (C=O) groups excluding carboxylic acids is 3. The van der Waals surface area contributed by atoms with Crippen molar-refractivity contribution >= 4 is 29.6 Å². The zero-order valence-electron chi connectivity index (χ0n) is 18.6. The second-order valence-electron chi connectivity index (χ2n) is 8.10. The van der Waals surface area contributed by atoms with Gasteiger partial charge < -0.3 is 10.6 Å². The van der Waals surface area contributed by atoms with Crippen LogP contribution in [0.5, 0.6) is 0 Å². The molecule has 1 aliphatic rings. The minimum atomic E-state index is -1.02. The molecule has 3 N–H and O–H groups in total. The van der Waals surface area contributed by atoms with Gasteiger partial charge in [-0.05, 0) is 45.0 Å². The molecular weight excluding hydrogens is 438 g/mol. The summed E-state index contributed by atoms with van der Waals surface area (Å²) in [4.78, 5) is 37.3. The Morgan fingerprint density at radius 2 is 1.79 bits per heavy atom. The number of amides is 4. The molecule has 1 fully saturated rings. The molecule has 4 rings (SSSR count). The van der Waals surface area contributed by atoms with Gasteiger partial charge in [-0.25, -0.2) is 9.48 Å². The maximum absolute atomic E-state index is 13.0. The van der Waals surface area contributed by atoms with Crippen LogP contribution in [0.15, 0.2) is 59.5 Å². The van der Waals surface area contributed by atoms with Crippen LogP contribution in [0.2, 0.25) is 0 Å². The van der Waals surface area contributed by atoms with Gasteiger partial charge in [-0.2, -0.15) is 5.10 Å². The third kappa shape index (κ3) is 4.63. The lowest BCUT2D eigenvalue weighted by atomic mass is 10.1. The Hall–Kier alpha value is -3.59. The summed E-state index contributed by atoms with van der Waals surface area (Å²) in [6, 6.07) is 16.6. The van der Waals surface area contributed by atoms with Gasteiger partial charge in [0, 0.05) is 28.5 Å². The third-order valence-corrected chi connectivity index (χ3v) is 7.02. The van der Waals surface area contributed by atoms with Crippen molar-refractivity contribution in [1.29, 1.82) is 0 Å². The first-order chi connectivity index (χ1) is 15.8. The maximum Gasteiger partial charge on any atom is 0.322 e. The fourth-order valence-corrected chi connectivity index (χ4v) is 4.84. The number of carbonyl (C=O) groups is 3. The van der Waals surface area contributed by atoms with E-state index in [1.165, 1.54) is 11.8 Å². The van der Waals surface area contributed by atoms with Crippen LogP contribution in [0.3, 0.4) is 0 Å². The third-order valence-electron chi connectivity index (χ3n) is 5.63. The van der Waals surface area contributed by atoms with E-state index in [1.807, 2.05) is 61.0 Å². The summed E-state index contributed by atoms with van der Waals surface area (Å²) >= 11 is 1.35. The zero-order chi connectivity index (χ0) is 23.6. The predicted octanol–water partition coefficient (Wildman–Crippen LogP) is 3.11. The standard InChI is InChI=1S/C24H25N5O3S/c1-15-19(16(2)29(28-15)17-9-5-4-6-10-17)13-25-21(30)18-11-7-8-12-20(18)33-14-24(3)22(31)26-23(32)27-24/h4-12H,13-14H2,1-3H3,(H,25,30)(H2,26,27,31,32)/t24-/m1/s1. The van der Waals surface area contributed by atoms with E-state index in [-0.39, 0.29) is 11.8 Å². The molecule has 1 aromatic heterocycles. The Balaban J connectivity index is 1.47. The topological polar surface area (TPSA) is 105 Å². The predicted molar refractivity (Wildman–Crippen MR) is 126 cm³/mol. The molecule has 0 radical (unpaired) electrons. The zero-order valence-corrected chi connectivity index (χ0v) is 19.5. The van der Waals surface area contributed by atoms with Crippen molar-refractivity contribution in [3.63, 3.8) is 0 Å². The highest BCUT2D eigenvalue weighted by atomic mass is 32.2. The van der Waals surface area contributed by atoms with Crippen LogP contribution in [0, 0.1) is 13.8 Å². The largest absolute Gasteiger partial charge is 0.348 e. The van der Waals surface area contributed by atoms with Crippen LogP contribution in [0.4, 0.5) is 4.79 Å². The number of urea groups is 1. The molecule has 4 amide bonds. The van der Waals surface area contributed by atoms with Crippen molar-refractivity contribution in [2.75, 3.05) is 5.75 Å². The van der Waals surface area contributed by atoms with E-state index in [1.54, 1.807) is 19.1 Å². The Morgan fingerprint density at radius 1 is 1.09 bits per heavy atom. The number of benzene rings is 2. The van der Waals surface area contributed by atoms with E-state index in [0.29, 0.717) is 17.9 Å². The number of nitrogens with one attached hydrogen (secondary N) is 3. The normalized spacial score (nSPS) is 17.5. The fourth-order valence-electron chi connectivity index (χ4n) is 3.70. The van der Waals surface area contributed by atoms with Crippen LogP contribution in [0.25, 0.3) is 5.69 Å². The summed E-state index contributed by atoms with van der Waals surface area (Å²) in [6.07, 6.45) is 0. The average Bonchev–Trinajstić information content (AvgIpc) is 3.24. The van der Waals surface area contributed by atoms with E-state index in [9.17, 15) is 14.4 Å². The molecule has 0 saturated carbocycles. The highest BCUT2D eigenvalue weighted by Gasteiger charge is 2.41. The second-order valence-corrected chi connectivity index (χ2v) is 9.12. The van der Waals surface area contributed by atoms with Crippen molar-refractivity contribution in [1.82, 2.24) is 25.7 Å². The van der Waals surface area contributed by atoms with Crippen LogP contribution in [-0.2, 0) is 11.3 Å². The molecule has 0 spiro atoms. The summed E-state index contributed by atoms with van der Waals surface area (Å²) < 4.78 is 1.88. The molecule has 1 saturated heterocycles. The van der Waals surface area contributed by atoms with E-state index in [0.717, 1.165) is 27.5 Å². The molecular formula is C24H25N5O3S. The molecule has 3 aromatic rings. The summed E-state index contributed by atoms with van der Waals surface area (Å²) in [5.41, 5.74) is 3.25. The molecule has 170 valence electrons. The van der Waals surface area contributed by atoms with E-state index in [4.69, 9.17) is 0 Å². The number of hydrogen-bond donors (Lipinski definition) is 3. The first-order valence-electron chi connectivity index (χ1n) is 10.5. The van der Waals surface area contributed by atoms with Crippen LogP contribution >= 0.6 is 11.8 Å².